The summed E-state index contributed by atoms with van der Waals surface area (Å²) in [6, 6.07) is 6.01. The van der Waals surface area contributed by atoms with E-state index in [1.54, 1.807) is 6.20 Å². The first-order valence-corrected chi connectivity index (χ1v) is 8.47. The molecule has 7 heteroatoms. The van der Waals surface area contributed by atoms with Crippen LogP contribution in [0.3, 0.4) is 0 Å². The van der Waals surface area contributed by atoms with Gasteiger partial charge in [-0.1, -0.05) is 0 Å². The van der Waals surface area contributed by atoms with Crippen molar-refractivity contribution in [2.45, 2.75) is 18.9 Å². The van der Waals surface area contributed by atoms with Crippen LogP contribution in [0.4, 0.5) is 5.82 Å². The summed E-state index contributed by atoms with van der Waals surface area (Å²) >= 11 is 4.87. The van der Waals surface area contributed by atoms with Crippen LogP contribution in [-0.2, 0) is 0 Å². The number of nitrogens with one attached hydrogen (secondary N) is 1. The van der Waals surface area contributed by atoms with Gasteiger partial charge in [0.15, 0.2) is 0 Å². The van der Waals surface area contributed by atoms with Crippen LogP contribution in [-0.4, -0.2) is 40.1 Å². The summed E-state index contributed by atoms with van der Waals surface area (Å²) in [5, 5.41) is 13.2. The monoisotopic (exact) mass is 366 g/mol. The van der Waals surface area contributed by atoms with E-state index < -0.39 is 0 Å². The number of likely N-dealkylation sites (tertiary alicyclic amines) is 1. The highest BCUT2D eigenvalue weighted by molar-refractivity contribution is 9.10. The molecule has 110 valence electrons. The highest BCUT2D eigenvalue weighted by Crippen LogP contribution is 2.23. The first kappa shape index (κ1) is 14.5. The molecule has 5 nitrogen and oxygen atoms in total. The molecule has 1 saturated heterocycles. The van der Waals surface area contributed by atoms with Gasteiger partial charge in [-0.05, 0) is 47.0 Å². The number of hydrogen-bond acceptors (Lipinski definition) is 5. The molecule has 3 rings (SSSR count). The second-order valence-corrected chi connectivity index (χ2v) is 6.78. The molecule has 1 aliphatic heterocycles. The number of halogens is 1. The van der Waals surface area contributed by atoms with Crippen molar-refractivity contribution in [2.24, 2.45) is 0 Å². The standard InChI is InChI=1S/C14H15BrN4OS/c15-10-8-12(21-9-10)14(20)19-6-3-11(4-7-19)17-13-2-1-5-16-18-13/h1-2,5,8-9,11H,3-4,6-7H2,(H,17,18). The third-order valence-corrected chi connectivity index (χ3v) is 5.16. The molecule has 0 bridgehead atoms. The van der Waals surface area contributed by atoms with Gasteiger partial charge in [0.05, 0.1) is 4.88 Å². The van der Waals surface area contributed by atoms with Crippen LogP contribution < -0.4 is 5.32 Å². The molecule has 0 aliphatic carbocycles. The fraction of sp³-hybridized carbons (Fsp3) is 0.357. The molecule has 0 unspecified atom stereocenters. The maximum absolute atomic E-state index is 12.4. The second-order valence-electron chi connectivity index (χ2n) is 4.95. The lowest BCUT2D eigenvalue weighted by Gasteiger charge is -2.32. The number of anilines is 1. The Morgan fingerprint density at radius 1 is 1.43 bits per heavy atom. The van der Waals surface area contributed by atoms with E-state index in [0.717, 1.165) is 41.1 Å². The SMILES string of the molecule is O=C(c1cc(Br)cs1)N1CCC(Nc2cccnn2)CC1. The van der Waals surface area contributed by atoms with Gasteiger partial charge in [0.2, 0.25) is 0 Å². The van der Waals surface area contributed by atoms with E-state index in [1.807, 2.05) is 28.5 Å². The van der Waals surface area contributed by atoms with Gasteiger partial charge >= 0.3 is 0 Å². The fourth-order valence-corrected chi connectivity index (χ4v) is 3.79. The lowest BCUT2D eigenvalue weighted by Crippen LogP contribution is -2.42. The summed E-state index contributed by atoms with van der Waals surface area (Å²) in [5.41, 5.74) is 0. The van der Waals surface area contributed by atoms with Gasteiger partial charge in [-0.15, -0.1) is 16.4 Å². The van der Waals surface area contributed by atoms with Crippen molar-refractivity contribution in [3.63, 3.8) is 0 Å². The van der Waals surface area contributed by atoms with E-state index in [4.69, 9.17) is 0 Å². The number of rotatable bonds is 3. The Balaban J connectivity index is 1.54. The quantitative estimate of drug-likeness (QED) is 0.906. The maximum atomic E-state index is 12.4. The third-order valence-electron chi connectivity index (χ3n) is 3.48. The number of hydrogen-bond donors (Lipinski definition) is 1. The predicted molar refractivity (Wildman–Crippen MR) is 86.6 cm³/mol. The predicted octanol–water partition coefficient (Wildman–Crippen LogP) is 3.02. The maximum Gasteiger partial charge on any atom is 0.263 e. The topological polar surface area (TPSA) is 58.1 Å². The van der Waals surface area contributed by atoms with Crippen molar-refractivity contribution in [3.05, 3.63) is 39.1 Å². The summed E-state index contributed by atoms with van der Waals surface area (Å²) in [7, 11) is 0. The van der Waals surface area contributed by atoms with Crippen molar-refractivity contribution in [2.75, 3.05) is 18.4 Å². The molecular weight excluding hydrogens is 352 g/mol. The van der Waals surface area contributed by atoms with Gasteiger partial charge in [-0.25, -0.2) is 0 Å². The number of thiophene rings is 1. The van der Waals surface area contributed by atoms with Crippen LogP contribution in [0.2, 0.25) is 0 Å². The molecular formula is C14H15BrN4OS. The number of amides is 1. The van der Waals surface area contributed by atoms with Crippen LogP contribution in [0.15, 0.2) is 34.2 Å². The van der Waals surface area contributed by atoms with E-state index >= 15 is 0 Å². The smallest absolute Gasteiger partial charge is 0.263 e. The number of nitrogens with zero attached hydrogens (tertiary/aromatic N) is 3. The molecule has 21 heavy (non-hydrogen) atoms. The number of aromatic nitrogens is 2. The Hall–Kier alpha value is -1.47. The third kappa shape index (κ3) is 3.59. The van der Waals surface area contributed by atoms with Gasteiger partial charge in [0, 0.05) is 35.2 Å². The molecule has 1 amide bonds. The molecule has 3 heterocycles. The van der Waals surface area contributed by atoms with Crippen molar-refractivity contribution >= 4 is 39.0 Å². The Morgan fingerprint density at radius 3 is 2.86 bits per heavy atom. The Morgan fingerprint density at radius 2 is 2.24 bits per heavy atom. The van der Waals surface area contributed by atoms with Crippen molar-refractivity contribution in [1.82, 2.24) is 15.1 Å². The molecule has 1 N–H and O–H groups in total. The van der Waals surface area contributed by atoms with Crippen molar-refractivity contribution < 1.29 is 4.79 Å². The van der Waals surface area contributed by atoms with E-state index in [1.165, 1.54) is 11.3 Å². The average molecular weight is 367 g/mol. The fourth-order valence-electron chi connectivity index (χ4n) is 2.40. The summed E-state index contributed by atoms with van der Waals surface area (Å²) in [5.74, 6) is 0.924. The van der Waals surface area contributed by atoms with Crippen molar-refractivity contribution in [1.29, 1.82) is 0 Å². The zero-order valence-electron chi connectivity index (χ0n) is 11.3. The van der Waals surface area contributed by atoms with E-state index in [2.05, 4.69) is 31.4 Å². The van der Waals surface area contributed by atoms with Crippen LogP contribution in [0.1, 0.15) is 22.5 Å². The van der Waals surface area contributed by atoms with Crippen LogP contribution in [0, 0.1) is 0 Å². The summed E-state index contributed by atoms with van der Waals surface area (Å²) in [4.78, 5) is 15.1. The highest BCUT2D eigenvalue weighted by atomic mass is 79.9. The van der Waals surface area contributed by atoms with Gasteiger partial charge in [-0.3, -0.25) is 4.79 Å². The van der Waals surface area contributed by atoms with Gasteiger partial charge in [-0.2, -0.15) is 5.10 Å². The van der Waals surface area contributed by atoms with Crippen LogP contribution in [0.5, 0.6) is 0 Å². The Bertz CT molecular complexity index is 610. The molecule has 0 spiro atoms. The minimum Gasteiger partial charge on any atom is -0.366 e. The number of carbonyl (C=O) groups is 1. The van der Waals surface area contributed by atoms with E-state index in [9.17, 15) is 4.79 Å². The average Bonchev–Trinajstić information content (AvgIpc) is 2.95. The minimum atomic E-state index is 0.128. The molecule has 0 atom stereocenters. The lowest BCUT2D eigenvalue weighted by atomic mass is 10.0. The molecule has 0 aromatic carbocycles. The van der Waals surface area contributed by atoms with Gasteiger partial charge in [0.1, 0.15) is 5.82 Å². The van der Waals surface area contributed by atoms with E-state index in [0.29, 0.717) is 6.04 Å². The van der Waals surface area contributed by atoms with Crippen LogP contribution >= 0.6 is 27.3 Å². The van der Waals surface area contributed by atoms with Crippen molar-refractivity contribution in [3.8, 4) is 0 Å². The van der Waals surface area contributed by atoms with Crippen LogP contribution in [0.25, 0.3) is 0 Å². The second kappa shape index (κ2) is 6.53. The number of piperidine rings is 1. The summed E-state index contributed by atoms with van der Waals surface area (Å²) in [6.07, 6.45) is 3.51. The highest BCUT2D eigenvalue weighted by Gasteiger charge is 2.24. The molecule has 2 aromatic heterocycles. The first-order valence-electron chi connectivity index (χ1n) is 6.80. The molecule has 2 aromatic rings. The summed E-state index contributed by atoms with van der Waals surface area (Å²) < 4.78 is 0.968. The number of carbonyl (C=O) groups excluding carboxylic acids is 1. The molecule has 1 fully saturated rings. The minimum absolute atomic E-state index is 0.128. The van der Waals surface area contributed by atoms with Gasteiger partial charge < -0.3 is 10.2 Å². The Kier molecular flexibility index (Phi) is 4.50. The largest absolute Gasteiger partial charge is 0.366 e. The zero-order chi connectivity index (χ0) is 14.7. The molecule has 1 aliphatic rings. The Labute approximate surface area is 135 Å². The normalized spacial score (nSPS) is 16.0. The summed E-state index contributed by atoms with van der Waals surface area (Å²) in [6.45, 7) is 1.54. The first-order chi connectivity index (χ1) is 10.2. The van der Waals surface area contributed by atoms with E-state index in [-0.39, 0.29) is 5.91 Å². The van der Waals surface area contributed by atoms with Gasteiger partial charge in [0.25, 0.3) is 5.91 Å². The molecule has 0 radical (unpaired) electrons. The zero-order valence-corrected chi connectivity index (χ0v) is 13.7. The molecule has 0 saturated carbocycles. The lowest BCUT2D eigenvalue weighted by molar-refractivity contribution is 0.0723.